The summed E-state index contributed by atoms with van der Waals surface area (Å²) in [5.74, 6) is 0.456. The predicted molar refractivity (Wildman–Crippen MR) is 84.9 cm³/mol. The maximum Gasteiger partial charge on any atom is 0.262 e. The number of thioether (sulfide) groups is 1. The van der Waals surface area contributed by atoms with Gasteiger partial charge in [-0.15, -0.1) is 0 Å². The van der Waals surface area contributed by atoms with E-state index in [1.54, 1.807) is 6.92 Å². The number of nitrogens with zero attached hydrogens (tertiary/aromatic N) is 2. The number of benzene rings is 1. The van der Waals surface area contributed by atoms with Crippen LogP contribution in [0, 0.1) is 0 Å². The van der Waals surface area contributed by atoms with Crippen molar-refractivity contribution in [1.29, 1.82) is 0 Å². The first-order chi connectivity index (χ1) is 10.2. The fourth-order valence-electron chi connectivity index (χ4n) is 2.88. The van der Waals surface area contributed by atoms with Gasteiger partial charge in [0.25, 0.3) is 5.56 Å². The summed E-state index contributed by atoms with van der Waals surface area (Å²) in [5.41, 5.74) is 0.737. The second kappa shape index (κ2) is 6.02. The highest BCUT2D eigenvalue weighted by Crippen LogP contribution is 2.32. The Labute approximate surface area is 127 Å². The quantitative estimate of drug-likeness (QED) is 0.643. The average molecular weight is 302 g/mol. The van der Waals surface area contributed by atoms with Gasteiger partial charge in [0.2, 0.25) is 0 Å². The number of rotatable bonds is 4. The lowest BCUT2D eigenvalue weighted by Crippen LogP contribution is -2.26. The molecule has 21 heavy (non-hydrogen) atoms. The van der Waals surface area contributed by atoms with Gasteiger partial charge in [0.05, 0.1) is 16.7 Å². The van der Waals surface area contributed by atoms with Crippen molar-refractivity contribution in [3.63, 3.8) is 0 Å². The van der Waals surface area contributed by atoms with E-state index in [9.17, 15) is 9.59 Å². The molecule has 1 saturated carbocycles. The highest BCUT2D eigenvalue weighted by molar-refractivity contribution is 7.99. The van der Waals surface area contributed by atoms with Gasteiger partial charge in [0.1, 0.15) is 5.78 Å². The van der Waals surface area contributed by atoms with E-state index in [4.69, 9.17) is 0 Å². The standard InChI is InChI=1S/C16H18N2O2S/c1-11(19)10-21-16-17-14-9-5-4-8-13(14)15(20)18(16)12-6-2-3-7-12/h4-5,8-9,12H,2-3,6-7,10H2,1H3. The zero-order valence-corrected chi connectivity index (χ0v) is 12.9. The molecule has 3 rings (SSSR count). The van der Waals surface area contributed by atoms with Crippen LogP contribution in [0.1, 0.15) is 38.6 Å². The second-order valence-electron chi connectivity index (χ2n) is 5.52. The van der Waals surface area contributed by atoms with E-state index in [-0.39, 0.29) is 17.4 Å². The fourth-order valence-corrected chi connectivity index (χ4v) is 3.74. The van der Waals surface area contributed by atoms with Crippen LogP contribution in [0.3, 0.4) is 0 Å². The van der Waals surface area contributed by atoms with Gasteiger partial charge in [-0.25, -0.2) is 4.98 Å². The van der Waals surface area contributed by atoms with Crippen molar-refractivity contribution in [2.45, 2.75) is 43.8 Å². The summed E-state index contributed by atoms with van der Waals surface area (Å²) in [7, 11) is 0. The fraction of sp³-hybridized carbons (Fsp3) is 0.438. The van der Waals surface area contributed by atoms with Crippen LogP contribution in [0.2, 0.25) is 0 Å². The number of hydrogen-bond donors (Lipinski definition) is 0. The Hall–Kier alpha value is -1.62. The molecule has 1 aliphatic carbocycles. The predicted octanol–water partition coefficient (Wildman–Crippen LogP) is 3.19. The zero-order valence-electron chi connectivity index (χ0n) is 12.0. The van der Waals surface area contributed by atoms with Crippen molar-refractivity contribution in [3.8, 4) is 0 Å². The summed E-state index contributed by atoms with van der Waals surface area (Å²) in [6.07, 6.45) is 4.35. The summed E-state index contributed by atoms with van der Waals surface area (Å²) < 4.78 is 1.82. The maximum absolute atomic E-state index is 12.8. The van der Waals surface area contributed by atoms with Crippen LogP contribution in [0.25, 0.3) is 10.9 Å². The Bertz CT molecular complexity index is 733. The molecule has 1 heterocycles. The lowest BCUT2D eigenvalue weighted by atomic mass is 10.2. The summed E-state index contributed by atoms with van der Waals surface area (Å²) >= 11 is 1.37. The number of carbonyl (C=O) groups excluding carboxylic acids is 1. The maximum atomic E-state index is 12.8. The van der Waals surface area contributed by atoms with E-state index >= 15 is 0 Å². The number of hydrogen-bond acceptors (Lipinski definition) is 4. The summed E-state index contributed by atoms with van der Waals surface area (Å²) in [6, 6.07) is 7.66. The molecule has 1 aromatic carbocycles. The summed E-state index contributed by atoms with van der Waals surface area (Å²) in [6.45, 7) is 1.56. The minimum atomic E-state index is 0.0264. The molecule has 0 unspecified atom stereocenters. The first kappa shape index (κ1) is 14.3. The third-order valence-corrected chi connectivity index (χ3v) is 4.97. The number of fused-ring (bicyclic) bond motifs is 1. The molecule has 0 amide bonds. The topological polar surface area (TPSA) is 52.0 Å². The average Bonchev–Trinajstić information content (AvgIpc) is 2.99. The number of ketones is 1. The summed E-state index contributed by atoms with van der Waals surface area (Å²) in [4.78, 5) is 28.7. The van der Waals surface area contributed by atoms with Gasteiger partial charge in [0, 0.05) is 6.04 Å². The first-order valence-corrected chi connectivity index (χ1v) is 8.29. The van der Waals surface area contributed by atoms with Crippen LogP contribution in [-0.2, 0) is 4.79 Å². The molecule has 4 nitrogen and oxygen atoms in total. The van der Waals surface area contributed by atoms with Crippen LogP contribution in [0.4, 0.5) is 0 Å². The van der Waals surface area contributed by atoms with Gasteiger partial charge in [0.15, 0.2) is 5.16 Å². The van der Waals surface area contributed by atoms with Crippen LogP contribution in [-0.4, -0.2) is 21.1 Å². The monoisotopic (exact) mass is 302 g/mol. The summed E-state index contributed by atoms with van der Waals surface area (Å²) in [5, 5.41) is 1.34. The van der Waals surface area contributed by atoms with Gasteiger partial charge in [-0.1, -0.05) is 36.7 Å². The molecule has 1 aliphatic rings. The van der Waals surface area contributed by atoms with Gasteiger partial charge < -0.3 is 0 Å². The Morgan fingerprint density at radius 1 is 1.33 bits per heavy atom. The molecule has 0 saturated heterocycles. The molecule has 0 aliphatic heterocycles. The molecule has 0 spiro atoms. The van der Waals surface area contributed by atoms with Crippen LogP contribution >= 0.6 is 11.8 Å². The lowest BCUT2D eigenvalue weighted by Gasteiger charge is -2.18. The molecule has 1 fully saturated rings. The molecule has 5 heteroatoms. The minimum Gasteiger partial charge on any atom is -0.299 e. The minimum absolute atomic E-state index is 0.0264. The molecule has 2 aromatic rings. The largest absolute Gasteiger partial charge is 0.299 e. The van der Waals surface area contributed by atoms with E-state index in [2.05, 4.69) is 4.98 Å². The molecule has 0 atom stereocenters. The third-order valence-electron chi connectivity index (χ3n) is 3.87. The van der Waals surface area contributed by atoms with Crippen molar-refractivity contribution < 1.29 is 4.79 Å². The Balaban J connectivity index is 2.14. The molecule has 110 valence electrons. The van der Waals surface area contributed by atoms with Crippen LogP contribution in [0.15, 0.2) is 34.2 Å². The molecule has 0 bridgehead atoms. The molecule has 0 radical (unpaired) electrons. The smallest absolute Gasteiger partial charge is 0.262 e. The molecule has 1 aromatic heterocycles. The molecular weight excluding hydrogens is 284 g/mol. The van der Waals surface area contributed by atoms with Crippen LogP contribution < -0.4 is 5.56 Å². The third kappa shape index (κ3) is 2.88. The normalized spacial score (nSPS) is 15.7. The van der Waals surface area contributed by atoms with Crippen molar-refractivity contribution in [3.05, 3.63) is 34.6 Å². The SMILES string of the molecule is CC(=O)CSc1nc2ccccc2c(=O)n1C1CCCC1. The number of Topliss-reactive ketones (excluding diaryl/α,β-unsaturated/α-hetero) is 1. The molecule has 0 N–H and O–H groups in total. The number of carbonyl (C=O) groups is 1. The Morgan fingerprint density at radius 3 is 2.76 bits per heavy atom. The van der Waals surface area contributed by atoms with Crippen LogP contribution in [0.5, 0.6) is 0 Å². The zero-order chi connectivity index (χ0) is 14.8. The van der Waals surface area contributed by atoms with Crippen molar-refractivity contribution in [1.82, 2.24) is 9.55 Å². The van der Waals surface area contributed by atoms with Crippen molar-refractivity contribution in [2.75, 3.05) is 5.75 Å². The highest BCUT2D eigenvalue weighted by Gasteiger charge is 2.23. The Kier molecular flexibility index (Phi) is 4.10. The molecular formula is C16H18N2O2S. The number of aromatic nitrogens is 2. The van der Waals surface area contributed by atoms with Crippen molar-refractivity contribution in [2.24, 2.45) is 0 Å². The van der Waals surface area contributed by atoms with E-state index in [1.165, 1.54) is 11.8 Å². The van der Waals surface area contributed by atoms with E-state index in [0.29, 0.717) is 21.8 Å². The number of para-hydroxylation sites is 1. The van der Waals surface area contributed by atoms with Gasteiger partial charge in [-0.3, -0.25) is 14.2 Å². The van der Waals surface area contributed by atoms with E-state index in [1.807, 2.05) is 28.8 Å². The second-order valence-corrected chi connectivity index (χ2v) is 6.46. The van der Waals surface area contributed by atoms with Gasteiger partial charge >= 0.3 is 0 Å². The first-order valence-electron chi connectivity index (χ1n) is 7.30. The Morgan fingerprint density at radius 2 is 2.05 bits per heavy atom. The highest BCUT2D eigenvalue weighted by atomic mass is 32.2. The van der Waals surface area contributed by atoms with E-state index in [0.717, 1.165) is 25.7 Å². The lowest BCUT2D eigenvalue weighted by molar-refractivity contribution is -0.114. The van der Waals surface area contributed by atoms with Gasteiger partial charge in [-0.05, 0) is 31.9 Å². The van der Waals surface area contributed by atoms with Gasteiger partial charge in [-0.2, -0.15) is 0 Å². The van der Waals surface area contributed by atoms with E-state index < -0.39 is 0 Å². The van der Waals surface area contributed by atoms with Crippen molar-refractivity contribution >= 4 is 28.4 Å².